The standard InChI is InChI=1S/C17H25N3O3/c1-13(18)16(21)20-10-8-15(9-11-20)19(2)17(22)23-12-14-6-4-3-5-7-14/h3-7,13,15H,8-12,18H2,1-2H3/t13-/m0/s1. The van der Waals surface area contributed by atoms with Gasteiger partial charge in [-0.15, -0.1) is 0 Å². The van der Waals surface area contributed by atoms with Crippen molar-refractivity contribution in [3.05, 3.63) is 35.9 Å². The van der Waals surface area contributed by atoms with E-state index in [9.17, 15) is 9.59 Å². The number of nitrogens with zero attached hydrogens (tertiary/aromatic N) is 2. The highest BCUT2D eigenvalue weighted by atomic mass is 16.6. The molecule has 2 N–H and O–H groups in total. The van der Waals surface area contributed by atoms with Gasteiger partial charge < -0.3 is 20.3 Å². The summed E-state index contributed by atoms with van der Waals surface area (Å²) in [5.41, 5.74) is 6.59. The summed E-state index contributed by atoms with van der Waals surface area (Å²) in [6.45, 7) is 3.22. The van der Waals surface area contributed by atoms with Gasteiger partial charge in [-0.25, -0.2) is 4.79 Å². The topological polar surface area (TPSA) is 75.9 Å². The van der Waals surface area contributed by atoms with Gasteiger partial charge in [0.05, 0.1) is 6.04 Å². The monoisotopic (exact) mass is 319 g/mol. The fourth-order valence-corrected chi connectivity index (χ4v) is 2.73. The predicted octanol–water partition coefficient (Wildman–Crippen LogP) is 1.59. The smallest absolute Gasteiger partial charge is 0.410 e. The van der Waals surface area contributed by atoms with Gasteiger partial charge in [0.2, 0.25) is 5.91 Å². The number of benzene rings is 1. The lowest BCUT2D eigenvalue weighted by atomic mass is 10.0. The summed E-state index contributed by atoms with van der Waals surface area (Å²) in [5, 5.41) is 0. The number of carbonyl (C=O) groups excluding carboxylic acids is 2. The Hall–Kier alpha value is -2.08. The first-order valence-corrected chi connectivity index (χ1v) is 7.97. The Bertz CT molecular complexity index is 525. The fraction of sp³-hybridized carbons (Fsp3) is 0.529. The number of nitrogens with two attached hydrogens (primary N) is 1. The minimum atomic E-state index is -0.472. The molecule has 0 unspecified atom stereocenters. The zero-order chi connectivity index (χ0) is 16.8. The Morgan fingerprint density at radius 1 is 1.30 bits per heavy atom. The molecule has 6 heteroatoms. The second-order valence-corrected chi connectivity index (χ2v) is 6.00. The maximum atomic E-state index is 12.1. The summed E-state index contributed by atoms with van der Waals surface area (Å²) in [5.74, 6) is -0.0299. The molecule has 0 aliphatic carbocycles. The first-order valence-electron chi connectivity index (χ1n) is 7.97. The highest BCUT2D eigenvalue weighted by molar-refractivity contribution is 5.81. The molecule has 0 aromatic heterocycles. The third kappa shape index (κ3) is 4.69. The summed E-state index contributed by atoms with van der Waals surface area (Å²) in [4.78, 5) is 27.4. The summed E-state index contributed by atoms with van der Waals surface area (Å²) in [7, 11) is 1.75. The number of hydrogen-bond acceptors (Lipinski definition) is 4. The highest BCUT2D eigenvalue weighted by Crippen LogP contribution is 2.17. The molecule has 0 spiro atoms. The summed E-state index contributed by atoms with van der Waals surface area (Å²) in [6.07, 6.45) is 1.16. The van der Waals surface area contributed by atoms with E-state index in [1.54, 1.807) is 23.8 Å². The maximum absolute atomic E-state index is 12.1. The van der Waals surface area contributed by atoms with E-state index in [1.165, 1.54) is 0 Å². The van der Waals surface area contributed by atoms with Crippen molar-refractivity contribution < 1.29 is 14.3 Å². The van der Waals surface area contributed by atoms with Crippen molar-refractivity contribution in [1.82, 2.24) is 9.80 Å². The van der Waals surface area contributed by atoms with E-state index in [0.29, 0.717) is 13.1 Å². The van der Waals surface area contributed by atoms with E-state index >= 15 is 0 Å². The largest absolute Gasteiger partial charge is 0.445 e. The van der Waals surface area contributed by atoms with Crippen LogP contribution in [0.25, 0.3) is 0 Å². The van der Waals surface area contributed by atoms with Gasteiger partial charge in [-0.3, -0.25) is 4.79 Å². The van der Waals surface area contributed by atoms with E-state index in [4.69, 9.17) is 10.5 Å². The molecule has 1 aliphatic rings. The van der Waals surface area contributed by atoms with Crippen LogP contribution >= 0.6 is 0 Å². The SMILES string of the molecule is C[C@H](N)C(=O)N1CCC(N(C)C(=O)OCc2ccccc2)CC1. The van der Waals surface area contributed by atoms with Crippen molar-refractivity contribution in [2.45, 2.75) is 38.5 Å². The van der Waals surface area contributed by atoms with E-state index in [2.05, 4.69) is 0 Å². The van der Waals surface area contributed by atoms with E-state index in [0.717, 1.165) is 18.4 Å². The summed E-state index contributed by atoms with van der Waals surface area (Å²) in [6, 6.07) is 9.22. The van der Waals surface area contributed by atoms with Crippen LogP contribution in [0.3, 0.4) is 0 Å². The molecule has 1 saturated heterocycles. The molecule has 1 atom stereocenters. The van der Waals surface area contributed by atoms with Crippen molar-refractivity contribution >= 4 is 12.0 Å². The minimum absolute atomic E-state index is 0.0299. The average Bonchev–Trinajstić information content (AvgIpc) is 2.59. The van der Waals surface area contributed by atoms with Gasteiger partial charge in [-0.05, 0) is 25.3 Å². The fourth-order valence-electron chi connectivity index (χ4n) is 2.73. The number of hydrogen-bond donors (Lipinski definition) is 1. The molecule has 1 aliphatic heterocycles. The molecule has 2 amide bonds. The van der Waals surface area contributed by atoms with Gasteiger partial charge in [0.25, 0.3) is 0 Å². The van der Waals surface area contributed by atoms with Crippen molar-refractivity contribution in [3.63, 3.8) is 0 Å². The first-order chi connectivity index (χ1) is 11.0. The molecule has 23 heavy (non-hydrogen) atoms. The zero-order valence-electron chi connectivity index (χ0n) is 13.8. The average molecular weight is 319 g/mol. The summed E-state index contributed by atoms with van der Waals surface area (Å²) >= 11 is 0. The Balaban J connectivity index is 1.79. The lowest BCUT2D eigenvalue weighted by molar-refractivity contribution is -0.133. The Morgan fingerprint density at radius 2 is 1.91 bits per heavy atom. The molecule has 6 nitrogen and oxygen atoms in total. The van der Waals surface area contributed by atoms with Crippen LogP contribution in [0.4, 0.5) is 4.79 Å². The van der Waals surface area contributed by atoms with Gasteiger partial charge in [0.15, 0.2) is 0 Å². The van der Waals surface area contributed by atoms with Crippen LogP contribution < -0.4 is 5.73 Å². The Kier molecular flexibility index (Phi) is 5.98. The molecule has 1 fully saturated rings. The summed E-state index contributed by atoms with van der Waals surface area (Å²) < 4.78 is 5.34. The second kappa shape index (κ2) is 7.97. The van der Waals surface area contributed by atoms with Crippen LogP contribution in [-0.2, 0) is 16.1 Å². The maximum Gasteiger partial charge on any atom is 0.410 e. The second-order valence-electron chi connectivity index (χ2n) is 6.00. The normalized spacial score (nSPS) is 16.7. The predicted molar refractivity (Wildman–Crippen MR) is 87.6 cm³/mol. The zero-order valence-corrected chi connectivity index (χ0v) is 13.8. The number of amides is 2. The van der Waals surface area contributed by atoms with Gasteiger partial charge in [-0.2, -0.15) is 0 Å². The molecule has 2 rings (SSSR count). The minimum Gasteiger partial charge on any atom is -0.445 e. The van der Waals surface area contributed by atoms with Crippen LogP contribution in [0, 0.1) is 0 Å². The number of likely N-dealkylation sites (tertiary alicyclic amines) is 1. The lowest BCUT2D eigenvalue weighted by Crippen LogP contribution is -2.50. The molecule has 0 bridgehead atoms. The molecular weight excluding hydrogens is 294 g/mol. The van der Waals surface area contributed by atoms with E-state index in [1.807, 2.05) is 30.3 Å². The lowest BCUT2D eigenvalue weighted by Gasteiger charge is -2.36. The third-order valence-electron chi connectivity index (χ3n) is 4.21. The molecule has 1 aromatic carbocycles. The Morgan fingerprint density at radius 3 is 2.48 bits per heavy atom. The van der Waals surface area contributed by atoms with Crippen molar-refractivity contribution in [2.24, 2.45) is 5.73 Å². The van der Waals surface area contributed by atoms with Crippen LogP contribution in [-0.4, -0.2) is 54.0 Å². The molecule has 0 saturated carbocycles. The molecule has 1 heterocycles. The van der Waals surface area contributed by atoms with Crippen molar-refractivity contribution in [3.8, 4) is 0 Å². The number of carbonyl (C=O) groups is 2. The van der Waals surface area contributed by atoms with Crippen molar-refractivity contribution in [1.29, 1.82) is 0 Å². The number of rotatable bonds is 4. The molecule has 126 valence electrons. The van der Waals surface area contributed by atoms with Crippen LogP contribution in [0.15, 0.2) is 30.3 Å². The van der Waals surface area contributed by atoms with Gasteiger partial charge in [-0.1, -0.05) is 30.3 Å². The molecule has 0 radical (unpaired) electrons. The molecule has 1 aromatic rings. The van der Waals surface area contributed by atoms with E-state index in [-0.39, 0.29) is 24.6 Å². The van der Waals surface area contributed by atoms with Crippen LogP contribution in [0.5, 0.6) is 0 Å². The quantitative estimate of drug-likeness (QED) is 0.914. The van der Waals surface area contributed by atoms with Gasteiger partial charge in [0, 0.05) is 26.2 Å². The number of ether oxygens (including phenoxy) is 1. The number of piperidine rings is 1. The van der Waals surface area contributed by atoms with Gasteiger partial charge in [0.1, 0.15) is 6.61 Å². The van der Waals surface area contributed by atoms with E-state index < -0.39 is 6.04 Å². The van der Waals surface area contributed by atoms with Crippen molar-refractivity contribution in [2.75, 3.05) is 20.1 Å². The molecular formula is C17H25N3O3. The van der Waals surface area contributed by atoms with Crippen LogP contribution in [0.2, 0.25) is 0 Å². The van der Waals surface area contributed by atoms with Gasteiger partial charge >= 0.3 is 6.09 Å². The highest BCUT2D eigenvalue weighted by Gasteiger charge is 2.29. The first kappa shape index (κ1) is 17.3. The Labute approximate surface area is 137 Å². The third-order valence-corrected chi connectivity index (χ3v) is 4.21. The van der Waals surface area contributed by atoms with Crippen LogP contribution in [0.1, 0.15) is 25.3 Å².